The van der Waals surface area contributed by atoms with Crippen molar-refractivity contribution in [2.75, 3.05) is 6.54 Å². The summed E-state index contributed by atoms with van der Waals surface area (Å²) >= 11 is 0. The van der Waals surface area contributed by atoms with Gasteiger partial charge in [0.15, 0.2) is 5.82 Å². The average molecular weight is 288 g/mol. The van der Waals surface area contributed by atoms with Crippen LogP contribution in [0.4, 0.5) is 5.69 Å². The normalized spacial score (nSPS) is 18.6. The van der Waals surface area contributed by atoms with Crippen molar-refractivity contribution in [3.8, 4) is 11.5 Å². The molecule has 1 unspecified atom stereocenters. The molecule has 1 aromatic heterocycles. The molecule has 7 nitrogen and oxygen atoms in total. The molecular formula is C14H16N4O3. The van der Waals surface area contributed by atoms with E-state index in [9.17, 15) is 10.1 Å². The third-order valence-corrected chi connectivity index (χ3v) is 3.72. The van der Waals surface area contributed by atoms with Crippen molar-refractivity contribution in [2.45, 2.75) is 32.2 Å². The summed E-state index contributed by atoms with van der Waals surface area (Å²) in [6, 6.07) is 5.03. The lowest BCUT2D eigenvalue weighted by atomic mass is 10.0. The molecule has 2 aromatic rings. The summed E-state index contributed by atoms with van der Waals surface area (Å²) in [7, 11) is 0. The standard InChI is InChI=1S/C14H16N4O3/c1-9-5-6-10(8-12(9)18(19)20)14-16-13(17-21-14)11-4-2-3-7-15-11/h5-6,8,11,15H,2-4,7H2,1H3. The average Bonchev–Trinajstić information content (AvgIpc) is 2.98. The maximum absolute atomic E-state index is 11.0. The summed E-state index contributed by atoms with van der Waals surface area (Å²) in [4.78, 5) is 15.0. The summed E-state index contributed by atoms with van der Waals surface area (Å²) in [5, 5.41) is 18.3. The third kappa shape index (κ3) is 2.78. The second-order valence-corrected chi connectivity index (χ2v) is 5.22. The Balaban J connectivity index is 1.89. The molecular weight excluding hydrogens is 272 g/mol. The van der Waals surface area contributed by atoms with Gasteiger partial charge in [-0.3, -0.25) is 10.1 Å². The number of hydrogen-bond donors (Lipinski definition) is 1. The van der Waals surface area contributed by atoms with Gasteiger partial charge in [0.1, 0.15) is 0 Å². The maximum Gasteiger partial charge on any atom is 0.273 e. The van der Waals surface area contributed by atoms with E-state index in [2.05, 4.69) is 15.5 Å². The van der Waals surface area contributed by atoms with Crippen LogP contribution < -0.4 is 5.32 Å². The van der Waals surface area contributed by atoms with Gasteiger partial charge in [0.2, 0.25) is 0 Å². The van der Waals surface area contributed by atoms with E-state index in [1.807, 2.05) is 0 Å². The number of benzene rings is 1. The minimum atomic E-state index is -0.404. The van der Waals surface area contributed by atoms with Crippen molar-refractivity contribution in [3.05, 3.63) is 39.7 Å². The van der Waals surface area contributed by atoms with Crippen LogP contribution in [0.1, 0.15) is 36.7 Å². The smallest absolute Gasteiger partial charge is 0.273 e. The van der Waals surface area contributed by atoms with Crippen LogP contribution in [0, 0.1) is 17.0 Å². The minimum absolute atomic E-state index is 0.0584. The summed E-state index contributed by atoms with van der Waals surface area (Å²) in [6.07, 6.45) is 3.27. The van der Waals surface area contributed by atoms with Gasteiger partial charge >= 0.3 is 0 Å². The molecule has 1 aromatic carbocycles. The Morgan fingerprint density at radius 3 is 3.00 bits per heavy atom. The molecule has 0 aliphatic carbocycles. The Morgan fingerprint density at radius 1 is 1.43 bits per heavy atom. The SMILES string of the molecule is Cc1ccc(-c2nc(C3CCCCN3)no2)cc1[N+](=O)[O-]. The van der Waals surface area contributed by atoms with E-state index in [0.717, 1.165) is 25.8 Å². The Morgan fingerprint density at radius 2 is 2.29 bits per heavy atom. The Labute approximate surface area is 121 Å². The Bertz CT molecular complexity index is 662. The fourth-order valence-corrected chi connectivity index (χ4v) is 2.50. The summed E-state index contributed by atoms with van der Waals surface area (Å²) < 4.78 is 5.25. The van der Waals surface area contributed by atoms with Crippen molar-refractivity contribution in [2.24, 2.45) is 0 Å². The maximum atomic E-state index is 11.0. The molecule has 3 rings (SSSR count). The van der Waals surface area contributed by atoms with E-state index >= 15 is 0 Å². The first kappa shape index (κ1) is 13.7. The lowest BCUT2D eigenvalue weighted by Gasteiger charge is -2.19. The highest BCUT2D eigenvalue weighted by Crippen LogP contribution is 2.27. The zero-order chi connectivity index (χ0) is 14.8. The molecule has 1 atom stereocenters. The highest BCUT2D eigenvalue weighted by Gasteiger charge is 2.22. The quantitative estimate of drug-likeness (QED) is 0.689. The van der Waals surface area contributed by atoms with Crippen LogP contribution >= 0.6 is 0 Å². The zero-order valence-corrected chi connectivity index (χ0v) is 11.7. The molecule has 2 heterocycles. The van der Waals surface area contributed by atoms with Crippen LogP contribution in [0.25, 0.3) is 11.5 Å². The number of hydrogen-bond acceptors (Lipinski definition) is 6. The first-order chi connectivity index (χ1) is 10.1. The van der Waals surface area contributed by atoms with Crippen molar-refractivity contribution in [1.29, 1.82) is 0 Å². The number of piperidine rings is 1. The van der Waals surface area contributed by atoms with E-state index in [4.69, 9.17) is 4.52 Å². The number of aryl methyl sites for hydroxylation is 1. The zero-order valence-electron chi connectivity index (χ0n) is 11.7. The molecule has 1 aliphatic rings. The van der Waals surface area contributed by atoms with Gasteiger partial charge in [0.05, 0.1) is 11.0 Å². The van der Waals surface area contributed by atoms with Gasteiger partial charge in [-0.05, 0) is 32.4 Å². The minimum Gasteiger partial charge on any atom is -0.334 e. The van der Waals surface area contributed by atoms with Gasteiger partial charge in [0, 0.05) is 17.2 Å². The molecule has 1 aliphatic heterocycles. The van der Waals surface area contributed by atoms with Crippen molar-refractivity contribution in [1.82, 2.24) is 15.5 Å². The monoisotopic (exact) mass is 288 g/mol. The molecule has 110 valence electrons. The van der Waals surface area contributed by atoms with Crippen LogP contribution in [0.2, 0.25) is 0 Å². The van der Waals surface area contributed by atoms with Crippen LogP contribution in [-0.2, 0) is 0 Å². The van der Waals surface area contributed by atoms with Gasteiger partial charge < -0.3 is 9.84 Å². The number of nitro benzene ring substituents is 1. The number of aromatic nitrogens is 2. The van der Waals surface area contributed by atoms with Crippen molar-refractivity contribution in [3.63, 3.8) is 0 Å². The predicted molar refractivity (Wildman–Crippen MR) is 75.7 cm³/mol. The molecule has 0 spiro atoms. The third-order valence-electron chi connectivity index (χ3n) is 3.72. The second-order valence-electron chi connectivity index (χ2n) is 5.22. The molecule has 0 bridgehead atoms. The molecule has 7 heteroatoms. The molecule has 0 amide bonds. The Kier molecular flexibility index (Phi) is 3.66. The lowest BCUT2D eigenvalue weighted by molar-refractivity contribution is -0.385. The predicted octanol–water partition coefficient (Wildman–Crippen LogP) is 2.77. The molecule has 1 fully saturated rings. The summed E-state index contributed by atoms with van der Waals surface area (Å²) in [6.45, 7) is 2.65. The summed E-state index contributed by atoms with van der Waals surface area (Å²) in [5.74, 6) is 0.938. The van der Waals surface area contributed by atoms with E-state index in [1.165, 1.54) is 6.07 Å². The summed E-state index contributed by atoms with van der Waals surface area (Å²) in [5.41, 5.74) is 1.24. The number of rotatable bonds is 3. The van der Waals surface area contributed by atoms with Gasteiger partial charge in [-0.25, -0.2) is 0 Å². The van der Waals surface area contributed by atoms with E-state index in [1.54, 1.807) is 19.1 Å². The van der Waals surface area contributed by atoms with E-state index in [0.29, 0.717) is 22.8 Å². The Hall–Kier alpha value is -2.28. The van der Waals surface area contributed by atoms with Crippen LogP contribution in [0.5, 0.6) is 0 Å². The number of nitrogens with zero attached hydrogens (tertiary/aromatic N) is 3. The van der Waals surface area contributed by atoms with Gasteiger partial charge in [0.25, 0.3) is 11.6 Å². The molecule has 1 saturated heterocycles. The molecule has 21 heavy (non-hydrogen) atoms. The van der Waals surface area contributed by atoms with Gasteiger partial charge in [-0.1, -0.05) is 17.6 Å². The largest absolute Gasteiger partial charge is 0.334 e. The first-order valence-electron chi connectivity index (χ1n) is 6.97. The number of nitro groups is 1. The van der Waals surface area contributed by atoms with Crippen LogP contribution in [0.15, 0.2) is 22.7 Å². The van der Waals surface area contributed by atoms with Crippen molar-refractivity contribution < 1.29 is 9.45 Å². The topological polar surface area (TPSA) is 94.1 Å². The molecule has 0 saturated carbocycles. The number of nitrogens with one attached hydrogen (secondary N) is 1. The highest BCUT2D eigenvalue weighted by atomic mass is 16.6. The fraction of sp³-hybridized carbons (Fsp3) is 0.429. The van der Waals surface area contributed by atoms with Crippen LogP contribution in [-0.4, -0.2) is 21.6 Å². The molecule has 0 radical (unpaired) electrons. The second kappa shape index (κ2) is 5.61. The van der Waals surface area contributed by atoms with Gasteiger partial charge in [-0.2, -0.15) is 4.98 Å². The first-order valence-corrected chi connectivity index (χ1v) is 6.97. The van der Waals surface area contributed by atoms with E-state index < -0.39 is 4.92 Å². The van der Waals surface area contributed by atoms with Gasteiger partial charge in [-0.15, -0.1) is 0 Å². The van der Waals surface area contributed by atoms with E-state index in [-0.39, 0.29) is 11.7 Å². The van der Waals surface area contributed by atoms with Crippen LogP contribution in [0.3, 0.4) is 0 Å². The molecule has 1 N–H and O–H groups in total. The van der Waals surface area contributed by atoms with Crippen molar-refractivity contribution >= 4 is 5.69 Å². The fourth-order valence-electron chi connectivity index (χ4n) is 2.50. The highest BCUT2D eigenvalue weighted by molar-refractivity contribution is 5.59. The lowest BCUT2D eigenvalue weighted by Crippen LogP contribution is -2.27.